The average Bonchev–Trinajstić information content (AvgIpc) is 2.85. The molecule has 3 N–H and O–H groups in total. The summed E-state index contributed by atoms with van der Waals surface area (Å²) in [5, 5.41) is 2.59. The van der Waals surface area contributed by atoms with Gasteiger partial charge in [-0.2, -0.15) is 8.42 Å². The van der Waals surface area contributed by atoms with E-state index in [1.54, 1.807) is 6.07 Å². The molecule has 0 aliphatic carbocycles. The third-order valence-electron chi connectivity index (χ3n) is 4.30. The molecule has 1 aromatic rings. The maximum absolute atomic E-state index is 13.1. The molecule has 2 rings (SSSR count). The van der Waals surface area contributed by atoms with Gasteiger partial charge in [0, 0.05) is 12.1 Å². The minimum Gasteiger partial charge on any atom is -0.369 e. The maximum Gasteiger partial charge on any atom is 0.284 e. The molecule has 1 fully saturated rings. The minimum absolute atomic E-state index is 0.0239. The summed E-state index contributed by atoms with van der Waals surface area (Å²) < 4.78 is 26.7. The number of pyridine rings is 1. The van der Waals surface area contributed by atoms with Crippen molar-refractivity contribution in [1.29, 1.82) is 0 Å². The molecule has 27 heavy (non-hydrogen) atoms. The number of sulfonamides is 1. The molecule has 1 radical (unpaired) electrons. The zero-order valence-corrected chi connectivity index (χ0v) is 15.8. The Morgan fingerprint density at radius 1 is 1.44 bits per heavy atom. The van der Waals surface area contributed by atoms with Crippen LogP contribution < -0.4 is 11.1 Å². The van der Waals surface area contributed by atoms with Crippen molar-refractivity contribution in [3.05, 3.63) is 30.8 Å². The molecule has 2 amide bonds. The Morgan fingerprint density at radius 3 is 2.81 bits per heavy atom. The topological polar surface area (TPSA) is 140 Å². The van der Waals surface area contributed by atoms with Crippen LogP contribution in [0.15, 0.2) is 29.4 Å². The van der Waals surface area contributed by atoms with E-state index in [1.165, 1.54) is 25.3 Å². The van der Waals surface area contributed by atoms with Crippen LogP contribution in [-0.4, -0.2) is 54.4 Å². The monoisotopic (exact) mass is 395 g/mol. The highest BCUT2D eigenvalue weighted by Gasteiger charge is 2.40. The molecule has 9 nitrogen and oxygen atoms in total. The lowest BCUT2D eigenvalue weighted by molar-refractivity contribution is -0.131. The van der Waals surface area contributed by atoms with E-state index in [4.69, 9.17) is 5.73 Å². The molecule has 0 bridgehead atoms. The number of hydrogen-bond acceptors (Lipinski definition) is 7. The number of carbonyl (C=O) groups excluding carboxylic acids is 3. The van der Waals surface area contributed by atoms with Gasteiger partial charge in [0.2, 0.25) is 11.8 Å². The Morgan fingerprint density at radius 2 is 2.19 bits per heavy atom. The van der Waals surface area contributed by atoms with Crippen LogP contribution in [0.4, 0.5) is 0 Å². The summed E-state index contributed by atoms with van der Waals surface area (Å²) in [6.07, 6.45) is 3.10. The second kappa shape index (κ2) is 9.05. The SMILES string of the molecule is CC(C[CH]C(=O)N([C@H]1CCCNCC1=O)S(=O)(=O)c1ccccn1)C(N)=O. The second-order valence-corrected chi connectivity index (χ2v) is 8.11. The summed E-state index contributed by atoms with van der Waals surface area (Å²) in [6, 6.07) is 3.17. The first-order valence-corrected chi connectivity index (χ1v) is 10.0. The zero-order chi connectivity index (χ0) is 20.0. The number of carbonyl (C=O) groups is 3. The van der Waals surface area contributed by atoms with Gasteiger partial charge in [0.1, 0.15) is 6.04 Å². The first-order valence-electron chi connectivity index (χ1n) is 8.60. The van der Waals surface area contributed by atoms with Gasteiger partial charge >= 0.3 is 0 Å². The summed E-state index contributed by atoms with van der Waals surface area (Å²) in [4.78, 5) is 40.3. The molecule has 1 aliphatic heterocycles. The van der Waals surface area contributed by atoms with E-state index < -0.39 is 39.6 Å². The second-order valence-electron chi connectivity index (χ2n) is 6.35. The number of nitrogens with one attached hydrogen (secondary N) is 1. The van der Waals surface area contributed by atoms with Crippen LogP contribution >= 0.6 is 0 Å². The number of ketones is 1. The van der Waals surface area contributed by atoms with Gasteiger partial charge in [0.15, 0.2) is 10.8 Å². The maximum atomic E-state index is 13.1. The molecule has 147 valence electrons. The van der Waals surface area contributed by atoms with Crippen LogP contribution in [0.5, 0.6) is 0 Å². The lowest BCUT2D eigenvalue weighted by atomic mass is 10.0. The van der Waals surface area contributed by atoms with Gasteiger partial charge in [-0.25, -0.2) is 9.29 Å². The molecular weight excluding hydrogens is 372 g/mol. The first-order chi connectivity index (χ1) is 12.7. The molecule has 2 atom stereocenters. The fraction of sp³-hybridized carbons (Fsp3) is 0.471. The quantitative estimate of drug-likeness (QED) is 0.642. The number of hydrogen-bond donors (Lipinski definition) is 2. The van der Waals surface area contributed by atoms with Crippen molar-refractivity contribution in [3.8, 4) is 0 Å². The summed E-state index contributed by atoms with van der Waals surface area (Å²) in [6.45, 7) is 2.06. The first kappa shape index (κ1) is 21.0. The van der Waals surface area contributed by atoms with E-state index in [-0.39, 0.29) is 24.4 Å². The summed E-state index contributed by atoms with van der Waals surface area (Å²) in [5.74, 6) is -2.50. The highest BCUT2D eigenvalue weighted by molar-refractivity contribution is 7.89. The van der Waals surface area contributed by atoms with Gasteiger partial charge < -0.3 is 11.1 Å². The third kappa shape index (κ3) is 5.10. The van der Waals surface area contributed by atoms with Crippen LogP contribution in [0.1, 0.15) is 26.2 Å². The lowest BCUT2D eigenvalue weighted by Crippen LogP contribution is -2.50. The minimum atomic E-state index is -4.34. The van der Waals surface area contributed by atoms with Crippen LogP contribution in [0.25, 0.3) is 0 Å². The number of Topliss-reactive ketones (excluding diaryl/α,β-unsaturated/α-hetero) is 1. The Bertz CT molecular complexity index is 797. The molecule has 0 spiro atoms. The van der Waals surface area contributed by atoms with Crippen LogP contribution in [0.3, 0.4) is 0 Å². The van der Waals surface area contributed by atoms with Crippen LogP contribution in [-0.2, 0) is 24.4 Å². The standard InChI is InChI=1S/C17H23N4O5S/c1-12(17(18)24)7-8-16(23)21(13-5-4-9-19-11-14(13)22)27(25,26)15-6-2-3-10-20-15/h2-3,6,8,10,12-13,19H,4-5,7,9,11H2,1H3,(H2,18,24)/t12?,13-/m0/s1. The Kier molecular flexibility index (Phi) is 7.03. The molecule has 1 saturated heterocycles. The molecular formula is C17H23N4O5S. The number of primary amides is 1. The Balaban J connectivity index is 2.37. The van der Waals surface area contributed by atoms with Crippen molar-refractivity contribution in [1.82, 2.24) is 14.6 Å². The number of nitrogens with zero attached hydrogens (tertiary/aromatic N) is 2. The van der Waals surface area contributed by atoms with Crippen molar-refractivity contribution in [2.45, 2.75) is 37.3 Å². The predicted molar refractivity (Wildman–Crippen MR) is 96.4 cm³/mol. The van der Waals surface area contributed by atoms with E-state index in [0.717, 1.165) is 6.42 Å². The van der Waals surface area contributed by atoms with Crippen molar-refractivity contribution in [2.24, 2.45) is 11.7 Å². The van der Waals surface area contributed by atoms with Gasteiger partial charge in [-0.3, -0.25) is 14.4 Å². The molecule has 1 unspecified atom stereocenters. The van der Waals surface area contributed by atoms with Gasteiger partial charge in [-0.05, 0) is 37.9 Å². The highest BCUT2D eigenvalue weighted by atomic mass is 32.2. The zero-order valence-electron chi connectivity index (χ0n) is 15.0. The van der Waals surface area contributed by atoms with E-state index >= 15 is 0 Å². The fourth-order valence-corrected chi connectivity index (χ4v) is 4.20. The predicted octanol–water partition coefficient (Wildman–Crippen LogP) is -0.364. The number of aromatic nitrogens is 1. The van der Waals surface area contributed by atoms with Crippen LogP contribution in [0.2, 0.25) is 0 Å². The lowest BCUT2D eigenvalue weighted by Gasteiger charge is -2.29. The molecule has 10 heteroatoms. The van der Waals surface area contributed by atoms with E-state index in [9.17, 15) is 22.8 Å². The normalized spacial score (nSPS) is 19.1. The van der Waals surface area contributed by atoms with Crippen molar-refractivity contribution in [3.63, 3.8) is 0 Å². The van der Waals surface area contributed by atoms with Crippen molar-refractivity contribution >= 4 is 27.6 Å². The highest BCUT2D eigenvalue weighted by Crippen LogP contribution is 2.22. The van der Waals surface area contributed by atoms with Gasteiger partial charge in [-0.1, -0.05) is 13.0 Å². The van der Waals surface area contributed by atoms with Crippen molar-refractivity contribution in [2.75, 3.05) is 13.1 Å². The Labute approximate surface area is 158 Å². The average molecular weight is 395 g/mol. The largest absolute Gasteiger partial charge is 0.369 e. The Hall–Kier alpha value is -2.33. The van der Waals surface area contributed by atoms with Gasteiger partial charge in [0.05, 0.1) is 13.0 Å². The number of amides is 2. The third-order valence-corrected chi connectivity index (χ3v) is 6.02. The van der Waals surface area contributed by atoms with Crippen LogP contribution in [0, 0.1) is 12.3 Å². The molecule has 1 aliphatic rings. The molecule has 1 aromatic heterocycles. The molecule has 2 heterocycles. The van der Waals surface area contributed by atoms with Gasteiger partial charge in [0.25, 0.3) is 10.0 Å². The van der Waals surface area contributed by atoms with Gasteiger partial charge in [-0.15, -0.1) is 0 Å². The molecule has 0 saturated carbocycles. The van der Waals surface area contributed by atoms with E-state index in [1.807, 2.05) is 0 Å². The number of rotatable bonds is 7. The summed E-state index contributed by atoms with van der Waals surface area (Å²) in [7, 11) is -4.34. The number of nitrogens with two attached hydrogens (primary N) is 1. The van der Waals surface area contributed by atoms with E-state index in [0.29, 0.717) is 17.3 Å². The summed E-state index contributed by atoms with van der Waals surface area (Å²) >= 11 is 0. The summed E-state index contributed by atoms with van der Waals surface area (Å²) in [5.41, 5.74) is 5.19. The van der Waals surface area contributed by atoms with E-state index in [2.05, 4.69) is 10.3 Å². The van der Waals surface area contributed by atoms with Crippen molar-refractivity contribution < 1.29 is 22.8 Å². The molecule has 0 aromatic carbocycles. The fourth-order valence-electron chi connectivity index (χ4n) is 2.68. The smallest absolute Gasteiger partial charge is 0.284 e.